The number of hydrogen-bond donors (Lipinski definition) is 24. The summed E-state index contributed by atoms with van der Waals surface area (Å²) in [4.78, 5) is 58.6. The van der Waals surface area contributed by atoms with Gasteiger partial charge in [0.05, 0.1) is 99.6 Å². The highest BCUT2D eigenvalue weighted by molar-refractivity contribution is 5.89. The third-order valence-corrected chi connectivity index (χ3v) is 34.7. The number of aliphatic hydroxyl groups excluding tert-OH is 22. The van der Waals surface area contributed by atoms with Crippen LogP contribution in [0.4, 0.5) is 0 Å². The molecule has 0 aromatic rings. The normalized spacial score (nSPS) is 49.0. The molecule has 0 spiro atoms. The topological polar surface area (TPSA) is 721 Å². The first-order valence-electron chi connectivity index (χ1n) is 50.4. The predicted octanol–water partition coefficient (Wildman–Crippen LogP) is -5.82. The van der Waals surface area contributed by atoms with Crippen LogP contribution in [-0.2, 0) is 109 Å². The van der Waals surface area contributed by atoms with Gasteiger partial charge in [0.15, 0.2) is 56.2 Å². The van der Waals surface area contributed by atoms with Gasteiger partial charge in [0.2, 0.25) is 12.2 Å². The molecule has 3 unspecified atom stereocenters. The zero-order valence-corrected chi connectivity index (χ0v) is 83.9. The molecule has 47 heteroatoms. The molecule has 828 valence electrons. The predicted molar refractivity (Wildman–Crippen MR) is 488 cm³/mol. The smallest absolute Gasteiger partial charge is 0.336 e. The van der Waals surface area contributed by atoms with Crippen LogP contribution in [0.3, 0.4) is 0 Å². The Morgan fingerprint density at radius 3 is 1.66 bits per heavy atom. The molecule has 0 bridgehead atoms. The summed E-state index contributed by atoms with van der Waals surface area (Å²) in [6, 6.07) is -1.38. The fourth-order valence-electron chi connectivity index (χ4n) is 25.2. The molecule has 0 aromatic heterocycles. The number of hydrogen-bond acceptors (Lipinski definition) is 46. The first kappa shape index (κ1) is 116. The molecule has 0 radical (unpaired) electrons. The van der Waals surface area contributed by atoms with Crippen LogP contribution in [0.25, 0.3) is 0 Å². The van der Waals surface area contributed by atoms with Gasteiger partial charge in [-0.05, 0) is 145 Å². The van der Waals surface area contributed by atoms with Crippen LogP contribution in [0.5, 0.6) is 0 Å². The van der Waals surface area contributed by atoms with Gasteiger partial charge in [0.25, 0.3) is 0 Å². The molecule has 24 N–H and O–H groups in total. The third-order valence-electron chi connectivity index (χ3n) is 34.7. The monoisotopic (exact) mass is 2080 g/mol. The largest absolute Gasteiger partial charge is 0.458 e. The number of carbonyl (C=O) groups is 4. The number of aliphatic hydroxyl groups is 23. The molecule has 14 rings (SSSR count). The maximum Gasteiger partial charge on any atom is 0.336 e. The van der Waals surface area contributed by atoms with E-state index in [1.165, 1.54) is 45.9 Å². The van der Waals surface area contributed by atoms with Crippen LogP contribution in [0.1, 0.15) is 167 Å². The van der Waals surface area contributed by atoms with E-state index in [1.807, 2.05) is 6.92 Å². The second-order valence-electron chi connectivity index (χ2n) is 44.8. The zero-order chi connectivity index (χ0) is 106. The van der Waals surface area contributed by atoms with Gasteiger partial charge in [0.1, 0.15) is 170 Å². The first-order valence-corrected chi connectivity index (χ1v) is 50.4. The first-order chi connectivity index (χ1) is 68.0. The second kappa shape index (κ2) is 45.4. The van der Waals surface area contributed by atoms with Gasteiger partial charge >= 0.3 is 17.9 Å². The Labute approximate surface area is 839 Å². The van der Waals surface area contributed by atoms with Crippen LogP contribution >= 0.6 is 0 Å². The van der Waals surface area contributed by atoms with Crippen LogP contribution in [0.15, 0.2) is 48.6 Å². The van der Waals surface area contributed by atoms with E-state index in [-0.39, 0.29) is 56.1 Å². The van der Waals surface area contributed by atoms with E-state index in [0.717, 1.165) is 5.57 Å². The number of ether oxygens (including phenoxy) is 19. The van der Waals surface area contributed by atoms with Gasteiger partial charge in [-0.1, -0.05) is 78.3 Å². The van der Waals surface area contributed by atoms with E-state index in [1.54, 1.807) is 27.7 Å². The lowest BCUT2D eigenvalue weighted by Crippen LogP contribution is -2.70. The Morgan fingerprint density at radius 1 is 0.497 bits per heavy atom. The van der Waals surface area contributed by atoms with E-state index < -0.39 is 383 Å². The highest BCUT2D eigenvalue weighted by atomic mass is 16.8. The van der Waals surface area contributed by atoms with Crippen molar-refractivity contribution in [3.63, 3.8) is 0 Å². The standard InChI is InChI=1S/C98H155NO46/c1-16-93(11,126)26-22-48-44(36-127-48)81(124)139-75-40(4)132-87(73(121)69(75)117)145-94(12,17-2)25-18-19-43(32-100)80(123)137-57-31-98(90(125)144-89-79(68(116)62(110)50(34-102)135-89)143-86-74(122)77(141-85-72(120)66(114)61(109)49(33-101)133-85)76(41(5)131-86)140-84-71(119)63(111)51(35-103)134-84)46(29-91(57,7)8)45-20-21-54-95(13)27-24-56(92(9,10)53(95)23-28-96(54,14)97(45,15)30-55(98)106)138-82-58(99-42(6)104)65(113)64(112)52(136-82)38-129-88-78(67(115)59(107)39(3)130-88)142-83-70(118)60(108)47(105)37-128-83/h16-17,19-20,39-41,44,46-79,82-89,100-103,105-122,126H,1-2,18,21-38H2,3-15H3,(H,99,104)/b43-19+/t39-,40-,41+,44?,46+,47-,48?,49+,50-,51+,52-,53+,54-,55-,56+,57+,58-,59+,60+,61+,62-,63+,64-,65-,66-,67+,68+,69-,70-,71-,72+,73-,74-,75-,76+,77+,78-,79-,82+,83+,84+,85-,86+,87+,88-,89+,93?,94-,95+,96-,97-,98-/m1/s1. The van der Waals surface area contributed by atoms with Crippen LogP contribution in [-0.4, -0.2) is 457 Å². The molecule has 9 heterocycles. The lowest BCUT2D eigenvalue weighted by Gasteiger charge is -2.72. The van der Waals surface area contributed by atoms with Gasteiger partial charge < -0.3 is 213 Å². The Morgan fingerprint density at radius 2 is 1.04 bits per heavy atom. The van der Waals surface area contributed by atoms with Gasteiger partial charge in [-0.3, -0.25) is 14.4 Å². The van der Waals surface area contributed by atoms with Gasteiger partial charge in [-0.25, -0.2) is 4.79 Å². The SMILES string of the molecule is C=CC(C)(O)CCC1OCC1C(=O)O[C@H]1[C@H](O)[C@@H](O)[C@H](O[C@](C)(C=C)CC/C=C(\CO)C(=O)O[C@H]2C[C@]3(C(=O)O[C@@H]4O[C@H](CO)[C@@H](O)[C@H](O)[C@H]4O[C@@H]4O[C@@H](C)[C@H](O[C@@H]5O[C@@H](CO)[C@H](O)[C@H]5O)[C@@H](O[C@H]5O[C@@H](CO)[C@H](O)[C@@H](O)[C@@H]5O)[C@H]4O)[C@H](O)C[C@]4(C)C(=CC[C@@H]5[C@@]6(C)CC[C@H](O[C@@H]7O[C@H](CO[C@@H]8O[C@H](C)[C@H](O)[C@H](O)[C@H]8O[C@@H]8OC[C@@H](O)[C@H](O)[C@H]8O)[C@@H](O)[C@H](O)[C@H]7NC(C)=O)C(C)(C)[C@@H]6CC[C@]54C)[C@@H]3CC2(C)C)O[C@@H]1C. The maximum absolute atomic E-state index is 16.9. The van der Waals surface area contributed by atoms with Crippen molar-refractivity contribution in [3.05, 3.63) is 48.6 Å². The van der Waals surface area contributed by atoms with Gasteiger partial charge in [0, 0.05) is 18.8 Å². The van der Waals surface area contributed by atoms with Crippen molar-refractivity contribution >= 4 is 23.8 Å². The number of rotatable bonds is 34. The molecule has 145 heavy (non-hydrogen) atoms. The Hall–Kier alpha value is -4.72. The summed E-state index contributed by atoms with van der Waals surface area (Å²) in [6.07, 6.45) is -61.6. The Kier molecular flexibility index (Phi) is 36.2. The minimum absolute atomic E-state index is 0.0207. The van der Waals surface area contributed by atoms with Crippen molar-refractivity contribution < 1.29 is 227 Å². The van der Waals surface area contributed by atoms with Crippen molar-refractivity contribution in [2.45, 2.75) is 436 Å². The summed E-state index contributed by atoms with van der Waals surface area (Å²) in [7, 11) is 0. The molecule has 47 nitrogen and oxygen atoms in total. The van der Waals surface area contributed by atoms with Crippen LogP contribution in [0.2, 0.25) is 0 Å². The lowest BCUT2D eigenvalue weighted by atomic mass is 9.33. The van der Waals surface area contributed by atoms with E-state index in [2.05, 4.69) is 52.2 Å². The minimum Gasteiger partial charge on any atom is -0.458 e. The molecule has 9 saturated heterocycles. The van der Waals surface area contributed by atoms with Crippen molar-refractivity contribution in [1.82, 2.24) is 5.32 Å². The summed E-state index contributed by atoms with van der Waals surface area (Å²) in [5.74, 6) is -5.86. The summed E-state index contributed by atoms with van der Waals surface area (Å²) in [6.45, 7) is 25.5. The number of carbonyl (C=O) groups excluding carboxylic acids is 4. The molecular formula is C98H155NO46. The quantitative estimate of drug-likeness (QED) is 0.00938. The summed E-state index contributed by atoms with van der Waals surface area (Å²) >= 11 is 0. The highest BCUT2D eigenvalue weighted by Crippen LogP contribution is 2.76. The Bertz CT molecular complexity index is 4470. The number of nitrogens with one attached hydrogen (secondary N) is 1. The van der Waals surface area contributed by atoms with E-state index in [9.17, 15) is 127 Å². The average molecular weight is 2080 g/mol. The van der Waals surface area contributed by atoms with Gasteiger partial charge in [-0.2, -0.15) is 0 Å². The molecular weight excluding hydrogens is 1930 g/mol. The van der Waals surface area contributed by atoms with Crippen molar-refractivity contribution in [1.29, 1.82) is 0 Å². The van der Waals surface area contributed by atoms with Crippen molar-refractivity contribution in [3.8, 4) is 0 Å². The van der Waals surface area contributed by atoms with Crippen LogP contribution < -0.4 is 5.32 Å². The highest BCUT2D eigenvalue weighted by Gasteiger charge is 2.74. The number of esters is 3. The molecule has 14 aliphatic rings. The van der Waals surface area contributed by atoms with Crippen molar-refractivity contribution in [2.75, 3.05) is 46.2 Å². The zero-order valence-electron chi connectivity index (χ0n) is 83.9. The molecule has 0 aromatic carbocycles. The summed E-state index contributed by atoms with van der Waals surface area (Å²) in [5, 5.41) is 262. The molecule has 5 aliphatic carbocycles. The van der Waals surface area contributed by atoms with E-state index >= 15 is 9.59 Å². The fraction of sp³-hybridized carbons (Fsp3) is 0.878. The van der Waals surface area contributed by atoms with E-state index in [4.69, 9.17) is 90.0 Å². The number of amides is 1. The van der Waals surface area contributed by atoms with Crippen molar-refractivity contribution in [2.24, 2.45) is 56.2 Å². The Balaban J connectivity index is 0.741. The summed E-state index contributed by atoms with van der Waals surface area (Å²) < 4.78 is 116. The third kappa shape index (κ3) is 22.3. The number of fused-ring (bicyclic) bond motifs is 7. The maximum atomic E-state index is 16.9. The van der Waals surface area contributed by atoms with Crippen LogP contribution in [0, 0.1) is 56.2 Å². The minimum atomic E-state index is -2.29. The fourth-order valence-corrected chi connectivity index (χ4v) is 25.2. The lowest BCUT2D eigenvalue weighted by molar-refractivity contribution is -0.390. The molecule has 13 fully saturated rings. The van der Waals surface area contributed by atoms with Gasteiger partial charge in [-0.15, -0.1) is 13.2 Å². The van der Waals surface area contributed by atoms with E-state index in [0.29, 0.717) is 38.5 Å². The second-order valence-corrected chi connectivity index (χ2v) is 44.8. The number of allylic oxidation sites excluding steroid dienone is 3. The molecule has 52 atom stereocenters. The molecule has 9 aliphatic heterocycles. The average Bonchev–Trinajstić information content (AvgIpc) is 0.850. The molecule has 4 saturated carbocycles. The molecule has 1 amide bonds. The summed E-state index contributed by atoms with van der Waals surface area (Å²) in [5.41, 5.74) is -8.80.